The standard InChI is InChI=1S/C17H22N2O/c1-13(2)20-17-7-5-4-6-16(17)12-19-14(3)15-8-10-18-11-9-15/h4-11,13-14,19H,12H2,1-3H3/t14-/m1/s1. The lowest BCUT2D eigenvalue weighted by atomic mass is 10.1. The molecule has 3 heteroatoms. The zero-order chi connectivity index (χ0) is 14.4. The van der Waals surface area contributed by atoms with Crippen molar-refractivity contribution >= 4 is 0 Å². The molecule has 0 aliphatic carbocycles. The summed E-state index contributed by atoms with van der Waals surface area (Å²) in [6, 6.07) is 12.5. The predicted octanol–water partition coefficient (Wildman–Crippen LogP) is 3.72. The molecule has 1 atom stereocenters. The number of pyridine rings is 1. The Balaban J connectivity index is 2.00. The third kappa shape index (κ3) is 4.07. The molecule has 20 heavy (non-hydrogen) atoms. The van der Waals surface area contributed by atoms with Gasteiger partial charge in [-0.1, -0.05) is 18.2 Å². The summed E-state index contributed by atoms with van der Waals surface area (Å²) < 4.78 is 5.83. The monoisotopic (exact) mass is 270 g/mol. The SMILES string of the molecule is CC(C)Oc1ccccc1CN[C@H](C)c1ccncc1. The molecule has 1 aromatic carbocycles. The molecular formula is C17H22N2O. The molecule has 2 aromatic rings. The normalized spacial score (nSPS) is 12.4. The minimum atomic E-state index is 0.189. The van der Waals surface area contributed by atoms with Gasteiger partial charge in [0.05, 0.1) is 6.10 Å². The number of hydrogen-bond donors (Lipinski definition) is 1. The highest BCUT2D eigenvalue weighted by Crippen LogP contribution is 2.20. The number of nitrogens with zero attached hydrogens (tertiary/aromatic N) is 1. The molecule has 0 bridgehead atoms. The van der Waals surface area contributed by atoms with Gasteiger partial charge in [-0.25, -0.2) is 0 Å². The molecule has 0 spiro atoms. The summed E-state index contributed by atoms with van der Waals surface area (Å²) in [7, 11) is 0. The van der Waals surface area contributed by atoms with Crippen LogP contribution in [-0.4, -0.2) is 11.1 Å². The smallest absolute Gasteiger partial charge is 0.124 e. The molecule has 0 aliphatic rings. The first-order chi connectivity index (χ1) is 9.66. The van der Waals surface area contributed by atoms with E-state index in [1.807, 2.05) is 56.6 Å². The summed E-state index contributed by atoms with van der Waals surface area (Å²) in [6.45, 7) is 7.03. The van der Waals surface area contributed by atoms with Gasteiger partial charge in [0.1, 0.15) is 5.75 Å². The van der Waals surface area contributed by atoms with Gasteiger partial charge in [-0.05, 0) is 44.5 Å². The molecule has 0 fully saturated rings. The van der Waals surface area contributed by atoms with Gasteiger partial charge in [0.15, 0.2) is 0 Å². The van der Waals surface area contributed by atoms with Crippen molar-refractivity contribution in [2.45, 2.75) is 39.5 Å². The lowest BCUT2D eigenvalue weighted by molar-refractivity contribution is 0.239. The van der Waals surface area contributed by atoms with Crippen molar-refractivity contribution in [3.8, 4) is 5.75 Å². The minimum absolute atomic E-state index is 0.189. The van der Waals surface area contributed by atoms with Gasteiger partial charge in [-0.2, -0.15) is 0 Å². The Hall–Kier alpha value is -1.87. The second-order valence-electron chi connectivity index (χ2n) is 5.16. The predicted molar refractivity (Wildman–Crippen MR) is 81.7 cm³/mol. The fourth-order valence-corrected chi connectivity index (χ4v) is 2.05. The molecule has 0 saturated heterocycles. The van der Waals surface area contributed by atoms with Crippen LogP contribution in [0.25, 0.3) is 0 Å². The lowest BCUT2D eigenvalue weighted by Crippen LogP contribution is -2.19. The van der Waals surface area contributed by atoms with E-state index in [0.717, 1.165) is 12.3 Å². The Morgan fingerprint density at radius 1 is 1.05 bits per heavy atom. The molecule has 0 saturated carbocycles. The Morgan fingerprint density at radius 3 is 2.45 bits per heavy atom. The van der Waals surface area contributed by atoms with Crippen LogP contribution < -0.4 is 10.1 Å². The van der Waals surface area contributed by atoms with Gasteiger partial charge in [0, 0.05) is 30.5 Å². The Morgan fingerprint density at radius 2 is 1.75 bits per heavy atom. The first-order valence-corrected chi connectivity index (χ1v) is 7.04. The van der Waals surface area contributed by atoms with E-state index in [1.165, 1.54) is 11.1 Å². The largest absolute Gasteiger partial charge is 0.491 e. The van der Waals surface area contributed by atoms with Crippen LogP contribution in [0.15, 0.2) is 48.8 Å². The molecule has 1 aromatic heterocycles. The van der Waals surface area contributed by atoms with E-state index in [9.17, 15) is 0 Å². The van der Waals surface area contributed by atoms with E-state index in [4.69, 9.17) is 4.74 Å². The zero-order valence-electron chi connectivity index (χ0n) is 12.3. The van der Waals surface area contributed by atoms with E-state index < -0.39 is 0 Å². The van der Waals surface area contributed by atoms with E-state index in [1.54, 1.807) is 0 Å². The first-order valence-electron chi connectivity index (χ1n) is 7.04. The summed E-state index contributed by atoms with van der Waals surface area (Å²) in [5.74, 6) is 0.955. The summed E-state index contributed by atoms with van der Waals surface area (Å²) in [5, 5.41) is 3.52. The van der Waals surface area contributed by atoms with Crippen LogP contribution in [-0.2, 0) is 6.54 Å². The van der Waals surface area contributed by atoms with Gasteiger partial charge < -0.3 is 10.1 Å². The van der Waals surface area contributed by atoms with Gasteiger partial charge >= 0.3 is 0 Å². The Bertz CT molecular complexity index is 526. The number of para-hydroxylation sites is 1. The number of rotatable bonds is 6. The zero-order valence-corrected chi connectivity index (χ0v) is 12.3. The van der Waals surface area contributed by atoms with E-state index in [-0.39, 0.29) is 12.1 Å². The molecule has 0 aliphatic heterocycles. The molecule has 1 N–H and O–H groups in total. The minimum Gasteiger partial charge on any atom is -0.491 e. The van der Waals surface area contributed by atoms with E-state index >= 15 is 0 Å². The number of hydrogen-bond acceptors (Lipinski definition) is 3. The molecule has 2 rings (SSSR count). The molecule has 3 nitrogen and oxygen atoms in total. The summed E-state index contributed by atoms with van der Waals surface area (Å²) >= 11 is 0. The number of nitrogens with one attached hydrogen (secondary N) is 1. The van der Waals surface area contributed by atoms with Gasteiger partial charge in [-0.15, -0.1) is 0 Å². The Kier molecular flexibility index (Phi) is 5.13. The van der Waals surface area contributed by atoms with Crippen molar-refractivity contribution in [2.75, 3.05) is 0 Å². The van der Waals surface area contributed by atoms with Crippen molar-refractivity contribution in [1.29, 1.82) is 0 Å². The maximum atomic E-state index is 5.83. The molecule has 1 heterocycles. The first kappa shape index (κ1) is 14.5. The number of aromatic nitrogens is 1. The van der Waals surface area contributed by atoms with E-state index in [2.05, 4.69) is 23.3 Å². The van der Waals surface area contributed by atoms with Crippen LogP contribution in [0, 0.1) is 0 Å². The van der Waals surface area contributed by atoms with Crippen LogP contribution in [0.4, 0.5) is 0 Å². The highest BCUT2D eigenvalue weighted by Gasteiger charge is 2.08. The molecule has 0 amide bonds. The van der Waals surface area contributed by atoms with Crippen LogP contribution in [0.3, 0.4) is 0 Å². The third-order valence-corrected chi connectivity index (χ3v) is 3.14. The van der Waals surface area contributed by atoms with Crippen molar-refractivity contribution in [3.63, 3.8) is 0 Å². The van der Waals surface area contributed by atoms with Gasteiger partial charge in [0.25, 0.3) is 0 Å². The maximum Gasteiger partial charge on any atom is 0.124 e. The van der Waals surface area contributed by atoms with Crippen molar-refractivity contribution in [3.05, 3.63) is 59.9 Å². The summed E-state index contributed by atoms with van der Waals surface area (Å²) in [4.78, 5) is 4.05. The maximum absolute atomic E-state index is 5.83. The number of benzene rings is 1. The molecular weight excluding hydrogens is 248 g/mol. The van der Waals surface area contributed by atoms with Crippen molar-refractivity contribution in [1.82, 2.24) is 10.3 Å². The average molecular weight is 270 g/mol. The molecule has 106 valence electrons. The summed E-state index contributed by atoms with van der Waals surface area (Å²) in [5.41, 5.74) is 2.42. The van der Waals surface area contributed by atoms with Gasteiger partial charge in [-0.3, -0.25) is 4.98 Å². The quantitative estimate of drug-likeness (QED) is 0.868. The van der Waals surface area contributed by atoms with Gasteiger partial charge in [0.2, 0.25) is 0 Å². The second kappa shape index (κ2) is 7.06. The lowest BCUT2D eigenvalue weighted by Gasteiger charge is -2.17. The van der Waals surface area contributed by atoms with Crippen LogP contribution in [0.5, 0.6) is 5.75 Å². The Labute approximate surface area is 121 Å². The molecule has 0 unspecified atom stereocenters. The topological polar surface area (TPSA) is 34.1 Å². The van der Waals surface area contributed by atoms with Crippen LogP contribution in [0.2, 0.25) is 0 Å². The third-order valence-electron chi connectivity index (χ3n) is 3.14. The van der Waals surface area contributed by atoms with E-state index in [0.29, 0.717) is 0 Å². The van der Waals surface area contributed by atoms with Crippen molar-refractivity contribution < 1.29 is 4.74 Å². The highest BCUT2D eigenvalue weighted by atomic mass is 16.5. The average Bonchev–Trinajstić information content (AvgIpc) is 2.46. The molecule has 0 radical (unpaired) electrons. The second-order valence-corrected chi connectivity index (χ2v) is 5.16. The van der Waals surface area contributed by atoms with Crippen LogP contribution >= 0.6 is 0 Å². The fourth-order valence-electron chi connectivity index (χ4n) is 2.05. The summed E-state index contributed by atoms with van der Waals surface area (Å²) in [6.07, 6.45) is 3.83. The highest BCUT2D eigenvalue weighted by molar-refractivity contribution is 5.33. The van der Waals surface area contributed by atoms with Crippen molar-refractivity contribution in [2.24, 2.45) is 0 Å². The number of ether oxygens (including phenoxy) is 1. The van der Waals surface area contributed by atoms with Crippen LogP contribution in [0.1, 0.15) is 37.9 Å². The fraction of sp³-hybridized carbons (Fsp3) is 0.353.